The van der Waals surface area contributed by atoms with Crippen LogP contribution in [0.1, 0.15) is 6.92 Å². The average Bonchev–Trinajstić information content (AvgIpc) is 3.10. The predicted octanol–water partition coefficient (Wildman–Crippen LogP) is 5.08. The second-order valence-corrected chi connectivity index (χ2v) is 6.61. The highest BCUT2D eigenvalue weighted by Gasteiger charge is 2.13. The van der Waals surface area contributed by atoms with E-state index in [2.05, 4.69) is 32.8 Å². The molecule has 0 unspecified atom stereocenters. The Bertz CT molecular complexity index is 1030. The van der Waals surface area contributed by atoms with Gasteiger partial charge in [-0.3, -0.25) is 0 Å². The van der Waals surface area contributed by atoms with Gasteiger partial charge < -0.3 is 15.8 Å². The molecule has 2 aromatic heterocycles. The first-order chi connectivity index (χ1) is 12.7. The van der Waals surface area contributed by atoms with Crippen LogP contribution in [0.2, 0.25) is 0 Å². The van der Waals surface area contributed by atoms with Gasteiger partial charge in [0.2, 0.25) is 0 Å². The number of nitrogens with one attached hydrogen (secondary N) is 1. The van der Waals surface area contributed by atoms with E-state index in [1.807, 2.05) is 43.3 Å². The molecule has 130 valence electrons. The van der Waals surface area contributed by atoms with Crippen molar-refractivity contribution in [3.8, 4) is 16.9 Å². The Kier molecular flexibility index (Phi) is 4.41. The lowest BCUT2D eigenvalue weighted by molar-refractivity contribution is 0.340. The smallest absolute Gasteiger partial charge is 0.143 e. The molecule has 0 aliphatic rings. The molecule has 0 saturated carbocycles. The Labute approximate surface area is 155 Å². The van der Waals surface area contributed by atoms with Gasteiger partial charge >= 0.3 is 0 Å². The zero-order valence-electron chi connectivity index (χ0n) is 14.3. The van der Waals surface area contributed by atoms with Gasteiger partial charge in [-0.1, -0.05) is 12.1 Å². The number of ether oxygens (including phenoxy) is 1. The molecule has 4 aromatic rings. The van der Waals surface area contributed by atoms with E-state index in [4.69, 9.17) is 10.5 Å². The topological polar surface area (TPSA) is 73.1 Å². The molecule has 3 N–H and O–H groups in total. The number of thiophene rings is 1. The van der Waals surface area contributed by atoms with Gasteiger partial charge in [0.05, 0.1) is 12.0 Å². The van der Waals surface area contributed by atoms with Crippen LogP contribution in [0.15, 0.2) is 60.2 Å². The van der Waals surface area contributed by atoms with E-state index in [1.165, 1.54) is 0 Å². The molecular weight excluding hydrogens is 344 g/mol. The molecule has 0 spiro atoms. The Morgan fingerprint density at radius 1 is 1.04 bits per heavy atom. The zero-order chi connectivity index (χ0) is 17.9. The maximum Gasteiger partial charge on any atom is 0.143 e. The van der Waals surface area contributed by atoms with Crippen molar-refractivity contribution >= 4 is 38.7 Å². The number of anilines is 3. The zero-order valence-corrected chi connectivity index (χ0v) is 15.1. The van der Waals surface area contributed by atoms with E-state index in [1.54, 1.807) is 17.7 Å². The highest BCUT2D eigenvalue weighted by molar-refractivity contribution is 7.17. The number of nitrogens with two attached hydrogens (primary N) is 1. The summed E-state index contributed by atoms with van der Waals surface area (Å²) in [6, 6.07) is 15.7. The quantitative estimate of drug-likeness (QED) is 0.484. The molecule has 0 aliphatic carbocycles. The van der Waals surface area contributed by atoms with Crippen LogP contribution >= 0.6 is 11.3 Å². The molecule has 5 nitrogen and oxygen atoms in total. The fourth-order valence-corrected chi connectivity index (χ4v) is 3.70. The summed E-state index contributed by atoms with van der Waals surface area (Å²) in [5, 5.41) is 6.50. The number of rotatable bonds is 5. The average molecular weight is 362 g/mol. The van der Waals surface area contributed by atoms with Crippen LogP contribution in [0.25, 0.3) is 21.3 Å². The van der Waals surface area contributed by atoms with E-state index in [0.29, 0.717) is 6.61 Å². The number of aromatic nitrogens is 2. The number of hydrogen-bond acceptors (Lipinski definition) is 6. The number of hydrogen-bond donors (Lipinski definition) is 2. The molecule has 0 saturated heterocycles. The lowest BCUT2D eigenvalue weighted by atomic mass is 10.1. The van der Waals surface area contributed by atoms with E-state index in [9.17, 15) is 0 Å². The molecule has 2 aromatic carbocycles. The summed E-state index contributed by atoms with van der Waals surface area (Å²) < 4.78 is 5.53. The fourth-order valence-electron chi connectivity index (χ4n) is 2.78. The van der Waals surface area contributed by atoms with Crippen molar-refractivity contribution in [3.05, 3.63) is 60.2 Å². The summed E-state index contributed by atoms with van der Waals surface area (Å²) in [6.07, 6.45) is 1.58. The third kappa shape index (κ3) is 3.19. The lowest BCUT2D eigenvalue weighted by Gasteiger charge is -2.09. The number of benzene rings is 2. The highest BCUT2D eigenvalue weighted by Crippen LogP contribution is 2.37. The van der Waals surface area contributed by atoms with Gasteiger partial charge in [-0.25, -0.2) is 9.97 Å². The minimum absolute atomic E-state index is 0.657. The van der Waals surface area contributed by atoms with Crippen molar-refractivity contribution in [2.24, 2.45) is 0 Å². The summed E-state index contributed by atoms with van der Waals surface area (Å²) in [4.78, 5) is 9.82. The molecule has 0 radical (unpaired) electrons. The molecule has 4 rings (SSSR count). The summed E-state index contributed by atoms with van der Waals surface area (Å²) >= 11 is 1.61. The Balaban J connectivity index is 1.75. The Hall–Kier alpha value is -3.12. The maximum absolute atomic E-state index is 5.77. The molecule has 0 fully saturated rings. The Morgan fingerprint density at radius 2 is 1.81 bits per heavy atom. The first-order valence-electron chi connectivity index (χ1n) is 8.32. The number of nitrogen functional groups attached to an aromatic ring is 1. The van der Waals surface area contributed by atoms with Crippen molar-refractivity contribution in [3.63, 3.8) is 0 Å². The lowest BCUT2D eigenvalue weighted by Crippen LogP contribution is -1.96. The van der Waals surface area contributed by atoms with Gasteiger partial charge in [0, 0.05) is 22.3 Å². The van der Waals surface area contributed by atoms with Crippen LogP contribution in [-0.2, 0) is 0 Å². The molecule has 0 atom stereocenters. The van der Waals surface area contributed by atoms with Crippen LogP contribution in [-0.4, -0.2) is 16.6 Å². The van der Waals surface area contributed by atoms with Gasteiger partial charge in [0.1, 0.15) is 22.7 Å². The van der Waals surface area contributed by atoms with Crippen LogP contribution < -0.4 is 15.8 Å². The molecule has 6 heteroatoms. The minimum atomic E-state index is 0.657. The van der Waals surface area contributed by atoms with E-state index >= 15 is 0 Å². The standard InChI is InChI=1S/C20H18N4OS/c1-2-25-16-9-3-13(4-10-16)17-11-26-20-18(17)19(22-12-23-20)24-15-7-5-14(21)6-8-15/h3-12H,2,21H2,1H3,(H,22,23,24). The predicted molar refractivity (Wildman–Crippen MR) is 108 cm³/mol. The van der Waals surface area contributed by atoms with Crippen LogP contribution in [0.5, 0.6) is 5.75 Å². The van der Waals surface area contributed by atoms with Crippen molar-refractivity contribution in [2.45, 2.75) is 6.92 Å². The van der Waals surface area contributed by atoms with Gasteiger partial charge in [-0.05, 0) is 48.9 Å². The summed E-state index contributed by atoms with van der Waals surface area (Å²) in [5.74, 6) is 1.65. The van der Waals surface area contributed by atoms with Gasteiger partial charge in [0.25, 0.3) is 0 Å². The summed E-state index contributed by atoms with van der Waals surface area (Å²) in [7, 11) is 0. The molecule has 2 heterocycles. The number of fused-ring (bicyclic) bond motifs is 1. The third-order valence-electron chi connectivity index (χ3n) is 4.02. The maximum atomic E-state index is 5.77. The van der Waals surface area contributed by atoms with Crippen molar-refractivity contribution < 1.29 is 4.74 Å². The largest absolute Gasteiger partial charge is 0.494 e. The second kappa shape index (κ2) is 7.01. The van der Waals surface area contributed by atoms with E-state index in [0.717, 1.165) is 44.3 Å². The van der Waals surface area contributed by atoms with E-state index < -0.39 is 0 Å². The SMILES string of the molecule is CCOc1ccc(-c2csc3ncnc(Nc4ccc(N)cc4)c23)cc1. The Morgan fingerprint density at radius 3 is 2.54 bits per heavy atom. The van der Waals surface area contributed by atoms with Crippen molar-refractivity contribution in [1.82, 2.24) is 9.97 Å². The first-order valence-corrected chi connectivity index (χ1v) is 9.20. The van der Waals surface area contributed by atoms with Crippen LogP contribution in [0.3, 0.4) is 0 Å². The minimum Gasteiger partial charge on any atom is -0.494 e. The van der Waals surface area contributed by atoms with Gasteiger partial charge in [-0.2, -0.15) is 0 Å². The van der Waals surface area contributed by atoms with Crippen LogP contribution in [0.4, 0.5) is 17.2 Å². The summed E-state index contributed by atoms with van der Waals surface area (Å²) in [6.45, 7) is 2.64. The molecule has 0 bridgehead atoms. The van der Waals surface area contributed by atoms with Gasteiger partial charge in [0.15, 0.2) is 0 Å². The first kappa shape index (κ1) is 16.4. The third-order valence-corrected chi connectivity index (χ3v) is 4.91. The molecule has 0 aliphatic heterocycles. The molecular formula is C20H18N4OS. The molecule has 0 amide bonds. The number of nitrogens with zero attached hydrogens (tertiary/aromatic N) is 2. The van der Waals surface area contributed by atoms with E-state index in [-0.39, 0.29) is 0 Å². The monoisotopic (exact) mass is 362 g/mol. The normalized spacial score (nSPS) is 10.8. The second-order valence-electron chi connectivity index (χ2n) is 5.76. The fraction of sp³-hybridized carbons (Fsp3) is 0.100. The van der Waals surface area contributed by atoms with Crippen molar-refractivity contribution in [1.29, 1.82) is 0 Å². The van der Waals surface area contributed by atoms with Crippen molar-refractivity contribution in [2.75, 3.05) is 17.7 Å². The van der Waals surface area contributed by atoms with Gasteiger partial charge in [-0.15, -0.1) is 11.3 Å². The summed E-state index contributed by atoms with van der Waals surface area (Å²) in [5.41, 5.74) is 9.64. The highest BCUT2D eigenvalue weighted by atomic mass is 32.1. The molecule has 26 heavy (non-hydrogen) atoms. The van der Waals surface area contributed by atoms with Crippen LogP contribution in [0, 0.1) is 0 Å².